The van der Waals surface area contributed by atoms with Crippen molar-refractivity contribution in [3.05, 3.63) is 12.9 Å². The third-order valence-electron chi connectivity index (χ3n) is 0.522. The topological polar surface area (TPSA) is 12.9 Å². The molecule has 0 N–H and O–H groups in total. The number of aromatic nitrogens is 1. The molecule has 0 amide bonds. The maximum Gasteiger partial charge on any atom is 0.185 e. The number of thiazole rings is 1. The summed E-state index contributed by atoms with van der Waals surface area (Å²) in [6, 6.07) is 0. The van der Waals surface area contributed by atoms with Crippen molar-refractivity contribution in [1.82, 2.24) is 4.98 Å². The second-order valence-electron chi connectivity index (χ2n) is 1.03. The molecule has 0 aromatic carbocycles. The largest absolute Gasteiger partial charge is 0.217 e. The minimum Gasteiger partial charge on any atom is -0.217 e. The van der Waals surface area contributed by atoms with Gasteiger partial charge < -0.3 is 0 Å². The van der Waals surface area contributed by atoms with Crippen molar-refractivity contribution in [3.63, 3.8) is 0 Å². The first-order valence-corrected chi connectivity index (χ1v) is 4.45. The monoisotopic (exact) mass is 275 g/mol. The summed E-state index contributed by atoms with van der Waals surface area (Å²) in [6.07, 6.45) is 0. The molecule has 1 aromatic rings. The molecule has 0 saturated carbocycles. The first kappa shape index (κ1) is 6.99. The molecule has 0 saturated heterocycles. The van der Waals surface area contributed by atoms with Gasteiger partial charge in [0.1, 0.15) is 8.39 Å². The Hall–Kier alpha value is 0.880. The summed E-state index contributed by atoms with van der Waals surface area (Å²) in [7, 11) is 0. The van der Waals surface area contributed by atoms with Crippen molar-refractivity contribution in [1.29, 1.82) is 0 Å². The summed E-state index contributed by atoms with van der Waals surface area (Å²) >= 11 is 13.3. The van der Waals surface area contributed by atoms with E-state index in [2.05, 4.69) is 36.8 Å². The fourth-order valence-corrected chi connectivity index (χ4v) is 2.46. The Morgan fingerprint density at radius 2 is 2.12 bits per heavy atom. The van der Waals surface area contributed by atoms with Crippen LogP contribution in [-0.2, 0) is 0 Å². The molecule has 0 aliphatic heterocycles. The molecule has 0 aliphatic rings. The van der Waals surface area contributed by atoms with E-state index in [0.717, 1.165) is 8.39 Å². The number of rotatable bonds is 0. The van der Waals surface area contributed by atoms with Crippen LogP contribution in [0.4, 0.5) is 0 Å². The smallest absolute Gasteiger partial charge is 0.185 e. The van der Waals surface area contributed by atoms with Crippen LogP contribution in [0.25, 0.3) is 0 Å². The van der Waals surface area contributed by atoms with E-state index >= 15 is 0 Å². The number of nitrogens with zero attached hydrogens (tertiary/aromatic N) is 1. The van der Waals surface area contributed by atoms with Crippen molar-refractivity contribution in [2.24, 2.45) is 0 Å². The number of halogens is 3. The zero-order chi connectivity index (χ0) is 6.15. The van der Waals surface area contributed by atoms with E-state index in [1.807, 2.05) is 0 Å². The molecule has 1 nitrogen and oxygen atoms in total. The summed E-state index contributed by atoms with van der Waals surface area (Å²) in [5.41, 5.74) is 0. The maximum atomic E-state index is 5.51. The predicted molar refractivity (Wildman–Crippen MR) is 42.5 cm³/mol. The average molecular weight is 277 g/mol. The second-order valence-corrected chi connectivity index (χ2v) is 4.68. The minimum absolute atomic E-state index is 0.545. The van der Waals surface area contributed by atoms with Gasteiger partial charge in [0.05, 0.1) is 0 Å². The van der Waals surface area contributed by atoms with Crippen molar-refractivity contribution in [2.75, 3.05) is 0 Å². The quantitative estimate of drug-likeness (QED) is 0.709. The van der Waals surface area contributed by atoms with Gasteiger partial charge in [-0.15, -0.1) is 0 Å². The standard InChI is InChI=1S/C3Br2ClNS/c4-1-2(5)8-3(6)7-1. The fourth-order valence-electron chi connectivity index (χ4n) is 0.260. The molecule has 0 spiro atoms. The normalized spacial score (nSPS) is 9.88. The van der Waals surface area contributed by atoms with E-state index in [-0.39, 0.29) is 0 Å². The zero-order valence-electron chi connectivity index (χ0n) is 3.49. The SMILES string of the molecule is Clc1nc(Br)c(Br)s1. The molecule has 1 rings (SSSR count). The third kappa shape index (κ3) is 1.43. The van der Waals surface area contributed by atoms with E-state index in [4.69, 9.17) is 11.6 Å². The molecule has 1 heterocycles. The van der Waals surface area contributed by atoms with Crippen LogP contribution in [0.5, 0.6) is 0 Å². The Kier molecular flexibility index (Phi) is 2.31. The average Bonchev–Trinajstić information content (AvgIpc) is 1.85. The highest BCUT2D eigenvalue weighted by atomic mass is 79.9. The van der Waals surface area contributed by atoms with E-state index < -0.39 is 0 Å². The summed E-state index contributed by atoms with van der Waals surface area (Å²) < 4.78 is 2.25. The van der Waals surface area contributed by atoms with Crippen LogP contribution in [0.15, 0.2) is 8.39 Å². The molecule has 0 radical (unpaired) electrons. The Morgan fingerprint density at radius 3 is 2.25 bits per heavy atom. The van der Waals surface area contributed by atoms with Crippen LogP contribution >= 0.6 is 54.8 Å². The Balaban J connectivity index is 3.14. The van der Waals surface area contributed by atoms with Crippen LogP contribution in [-0.4, -0.2) is 4.98 Å². The first-order valence-electron chi connectivity index (χ1n) is 1.67. The van der Waals surface area contributed by atoms with Crippen molar-refractivity contribution >= 4 is 54.8 Å². The van der Waals surface area contributed by atoms with Gasteiger partial charge in [-0.1, -0.05) is 22.9 Å². The number of hydrogen-bond donors (Lipinski definition) is 0. The molecule has 1 aromatic heterocycles. The Bertz CT molecular complexity index is 180. The second kappa shape index (κ2) is 2.64. The molecule has 44 valence electrons. The predicted octanol–water partition coefficient (Wildman–Crippen LogP) is 3.32. The van der Waals surface area contributed by atoms with Gasteiger partial charge in [-0.25, -0.2) is 4.98 Å². The highest BCUT2D eigenvalue weighted by Crippen LogP contribution is 2.31. The van der Waals surface area contributed by atoms with Crippen LogP contribution < -0.4 is 0 Å². The van der Waals surface area contributed by atoms with Gasteiger partial charge in [0.15, 0.2) is 4.47 Å². The Labute approximate surface area is 72.3 Å². The van der Waals surface area contributed by atoms with E-state index in [1.54, 1.807) is 0 Å². The first-order chi connectivity index (χ1) is 3.70. The van der Waals surface area contributed by atoms with Crippen molar-refractivity contribution in [3.8, 4) is 0 Å². The van der Waals surface area contributed by atoms with Gasteiger partial charge in [0.2, 0.25) is 0 Å². The minimum atomic E-state index is 0.545. The van der Waals surface area contributed by atoms with E-state index in [0.29, 0.717) is 4.47 Å². The summed E-state index contributed by atoms with van der Waals surface area (Å²) in [5, 5.41) is 0. The highest BCUT2D eigenvalue weighted by Gasteiger charge is 2.01. The van der Waals surface area contributed by atoms with Gasteiger partial charge in [-0.05, 0) is 31.9 Å². The van der Waals surface area contributed by atoms with Gasteiger partial charge in [0.25, 0.3) is 0 Å². The number of hydrogen-bond acceptors (Lipinski definition) is 2. The Morgan fingerprint density at radius 1 is 1.50 bits per heavy atom. The zero-order valence-corrected chi connectivity index (χ0v) is 8.23. The summed E-state index contributed by atoms with van der Waals surface area (Å²) in [4.78, 5) is 3.86. The summed E-state index contributed by atoms with van der Waals surface area (Å²) in [5.74, 6) is 0. The lowest BCUT2D eigenvalue weighted by Gasteiger charge is -1.72. The lowest BCUT2D eigenvalue weighted by atomic mass is 11.0. The molecule has 5 heteroatoms. The summed E-state index contributed by atoms with van der Waals surface area (Å²) in [6.45, 7) is 0. The fraction of sp³-hybridized carbons (Fsp3) is 0. The molecule has 0 fully saturated rings. The third-order valence-corrected chi connectivity index (χ3v) is 3.70. The molecule has 0 atom stereocenters. The van der Waals surface area contributed by atoms with Gasteiger partial charge >= 0.3 is 0 Å². The maximum absolute atomic E-state index is 5.51. The molecular weight excluding hydrogens is 277 g/mol. The van der Waals surface area contributed by atoms with E-state index in [9.17, 15) is 0 Å². The van der Waals surface area contributed by atoms with Crippen LogP contribution in [0.3, 0.4) is 0 Å². The van der Waals surface area contributed by atoms with E-state index in [1.165, 1.54) is 11.3 Å². The van der Waals surface area contributed by atoms with Gasteiger partial charge in [-0.2, -0.15) is 0 Å². The van der Waals surface area contributed by atoms with Gasteiger partial charge in [0, 0.05) is 0 Å². The van der Waals surface area contributed by atoms with Crippen molar-refractivity contribution < 1.29 is 0 Å². The molecular formula is C3Br2ClNS. The van der Waals surface area contributed by atoms with Crippen molar-refractivity contribution in [2.45, 2.75) is 0 Å². The van der Waals surface area contributed by atoms with Gasteiger partial charge in [-0.3, -0.25) is 0 Å². The molecule has 0 bridgehead atoms. The lowest BCUT2D eigenvalue weighted by Crippen LogP contribution is -1.57. The molecule has 8 heavy (non-hydrogen) atoms. The lowest BCUT2D eigenvalue weighted by molar-refractivity contribution is 1.35. The molecule has 0 unspecified atom stereocenters. The molecule has 0 aliphatic carbocycles. The van der Waals surface area contributed by atoms with Crippen LogP contribution in [0, 0.1) is 0 Å². The highest BCUT2D eigenvalue weighted by molar-refractivity contribution is 9.13. The van der Waals surface area contributed by atoms with Crippen LogP contribution in [0.2, 0.25) is 4.47 Å². The van der Waals surface area contributed by atoms with Crippen LogP contribution in [0.1, 0.15) is 0 Å².